The lowest BCUT2D eigenvalue weighted by atomic mass is 9.96. The number of rotatable bonds is 1. The molecule has 5 rings (SSSR count). The molecule has 4 aromatic rings. The van der Waals surface area contributed by atoms with Crippen LogP contribution in [0.5, 0.6) is 5.75 Å². The molecule has 24 heavy (non-hydrogen) atoms. The van der Waals surface area contributed by atoms with Gasteiger partial charge in [0, 0.05) is 11.1 Å². The zero-order chi connectivity index (χ0) is 15.9. The summed E-state index contributed by atoms with van der Waals surface area (Å²) in [6, 6.07) is 24.2. The summed E-state index contributed by atoms with van der Waals surface area (Å²) in [5, 5.41) is 2.35. The lowest BCUT2D eigenvalue weighted by Gasteiger charge is -2.10. The van der Waals surface area contributed by atoms with Crippen LogP contribution in [0, 0.1) is 0 Å². The van der Waals surface area contributed by atoms with Crippen LogP contribution in [-0.4, -0.2) is 5.90 Å². The average Bonchev–Trinajstić information content (AvgIpc) is 3.10. The predicted molar refractivity (Wildman–Crippen MR) is 94.9 cm³/mol. The molecule has 0 saturated heterocycles. The minimum Gasteiger partial charge on any atom is -0.459 e. The van der Waals surface area contributed by atoms with E-state index in [-0.39, 0.29) is 0 Å². The second-order valence-corrected chi connectivity index (χ2v) is 5.67. The van der Waals surface area contributed by atoms with Gasteiger partial charge in [-0.2, -0.15) is 0 Å². The lowest BCUT2D eigenvalue weighted by Crippen LogP contribution is -2.08. The fourth-order valence-corrected chi connectivity index (χ4v) is 3.14. The number of ether oxygens (including phenoxy) is 1. The monoisotopic (exact) mass is 311 g/mol. The maximum atomic E-state index is 6.09. The van der Waals surface area contributed by atoms with Crippen LogP contribution in [0.25, 0.3) is 21.9 Å². The summed E-state index contributed by atoms with van der Waals surface area (Å²) in [7, 11) is 0. The van der Waals surface area contributed by atoms with E-state index in [9.17, 15) is 0 Å². The van der Waals surface area contributed by atoms with Gasteiger partial charge in [0.15, 0.2) is 5.76 Å². The number of furan rings is 1. The summed E-state index contributed by atoms with van der Waals surface area (Å²) in [6.45, 7) is 0. The van der Waals surface area contributed by atoms with E-state index in [1.165, 1.54) is 5.39 Å². The Kier molecular flexibility index (Phi) is 2.79. The van der Waals surface area contributed by atoms with Gasteiger partial charge in [0.25, 0.3) is 5.90 Å². The van der Waals surface area contributed by atoms with Crippen LogP contribution >= 0.6 is 0 Å². The molecule has 0 N–H and O–H groups in total. The van der Waals surface area contributed by atoms with Crippen molar-refractivity contribution in [2.24, 2.45) is 4.99 Å². The summed E-state index contributed by atoms with van der Waals surface area (Å²) < 4.78 is 11.6. The quantitative estimate of drug-likeness (QED) is 0.460. The first-order valence-electron chi connectivity index (χ1n) is 7.82. The molecule has 0 saturated carbocycles. The highest BCUT2D eigenvalue weighted by molar-refractivity contribution is 6.07. The van der Waals surface area contributed by atoms with Gasteiger partial charge >= 0.3 is 0 Å². The fraction of sp³-hybridized carbons (Fsp3) is 0. The minimum atomic E-state index is 0.474. The molecule has 0 radical (unpaired) electrons. The van der Waals surface area contributed by atoms with Gasteiger partial charge in [0.2, 0.25) is 0 Å². The first kappa shape index (κ1) is 13.1. The van der Waals surface area contributed by atoms with Gasteiger partial charge in [-0.15, -0.1) is 0 Å². The molecule has 0 spiro atoms. The van der Waals surface area contributed by atoms with E-state index >= 15 is 0 Å². The molecule has 0 fully saturated rings. The molecule has 1 aromatic heterocycles. The first-order chi connectivity index (χ1) is 11.9. The van der Waals surface area contributed by atoms with E-state index in [0.717, 1.165) is 28.0 Å². The van der Waals surface area contributed by atoms with Crippen molar-refractivity contribution >= 4 is 22.4 Å². The van der Waals surface area contributed by atoms with E-state index < -0.39 is 0 Å². The van der Waals surface area contributed by atoms with E-state index in [0.29, 0.717) is 11.7 Å². The van der Waals surface area contributed by atoms with Crippen molar-refractivity contribution in [2.45, 2.75) is 0 Å². The normalized spacial score (nSPS) is 12.8. The summed E-state index contributed by atoms with van der Waals surface area (Å²) in [5.74, 6) is 1.87. The smallest absolute Gasteiger partial charge is 0.263 e. The standard InChI is InChI=1S/C21H13NO2/c1-2-7-15-14(6-1)11-12-17-20(15)16-8-3-4-9-18(16)24-21(22-17)19-10-5-13-23-19/h1-13H. The number of nitrogens with zero attached hydrogens (tertiary/aromatic N) is 1. The third-order valence-electron chi connectivity index (χ3n) is 4.22. The van der Waals surface area contributed by atoms with Crippen molar-refractivity contribution in [2.75, 3.05) is 0 Å². The predicted octanol–water partition coefficient (Wildman–Crippen LogP) is 5.57. The second kappa shape index (κ2) is 5.10. The third-order valence-corrected chi connectivity index (χ3v) is 4.22. The Morgan fingerprint density at radius 1 is 0.750 bits per heavy atom. The minimum absolute atomic E-state index is 0.474. The van der Waals surface area contributed by atoms with Crippen LogP contribution in [-0.2, 0) is 0 Å². The molecule has 0 bridgehead atoms. The number of aliphatic imine (C=N–C) groups is 1. The third kappa shape index (κ3) is 1.95. The maximum Gasteiger partial charge on any atom is 0.263 e. The highest BCUT2D eigenvalue weighted by Crippen LogP contribution is 2.43. The first-order valence-corrected chi connectivity index (χ1v) is 7.82. The number of para-hydroxylation sites is 1. The maximum absolute atomic E-state index is 6.09. The highest BCUT2D eigenvalue weighted by Gasteiger charge is 2.21. The van der Waals surface area contributed by atoms with E-state index in [1.54, 1.807) is 6.26 Å². The Bertz CT molecular complexity index is 1080. The summed E-state index contributed by atoms with van der Waals surface area (Å²) in [6.07, 6.45) is 1.62. The lowest BCUT2D eigenvalue weighted by molar-refractivity contribution is 0.499. The van der Waals surface area contributed by atoms with Crippen molar-refractivity contribution < 1.29 is 9.15 Å². The molecule has 0 aliphatic carbocycles. The van der Waals surface area contributed by atoms with Crippen LogP contribution in [0.15, 0.2) is 88.5 Å². The second-order valence-electron chi connectivity index (χ2n) is 5.67. The Hall–Kier alpha value is -3.33. The van der Waals surface area contributed by atoms with Crippen LogP contribution in [0.3, 0.4) is 0 Å². The SMILES string of the molecule is c1coc(C2=Nc3ccc4ccccc4c3-c3ccccc3O2)c1. The summed E-state index contributed by atoms with van der Waals surface area (Å²) in [4.78, 5) is 4.75. The van der Waals surface area contributed by atoms with Gasteiger partial charge in [-0.05, 0) is 35.0 Å². The highest BCUT2D eigenvalue weighted by atomic mass is 16.5. The molecule has 0 unspecified atom stereocenters. The number of benzene rings is 3. The van der Waals surface area contributed by atoms with Crippen molar-refractivity contribution in [1.29, 1.82) is 0 Å². The molecule has 3 aromatic carbocycles. The van der Waals surface area contributed by atoms with Crippen LogP contribution < -0.4 is 4.74 Å². The summed E-state index contributed by atoms with van der Waals surface area (Å²) >= 11 is 0. The number of fused-ring (bicyclic) bond motifs is 5. The van der Waals surface area contributed by atoms with Gasteiger partial charge in [-0.1, -0.05) is 48.5 Å². The van der Waals surface area contributed by atoms with Gasteiger partial charge in [0.1, 0.15) is 5.75 Å². The fourth-order valence-electron chi connectivity index (χ4n) is 3.14. The molecule has 0 amide bonds. The zero-order valence-electron chi connectivity index (χ0n) is 12.8. The summed E-state index contributed by atoms with van der Waals surface area (Å²) in [5.41, 5.74) is 3.00. The van der Waals surface area contributed by atoms with Gasteiger partial charge in [0.05, 0.1) is 12.0 Å². The van der Waals surface area contributed by atoms with Crippen molar-refractivity contribution in [1.82, 2.24) is 0 Å². The Balaban J connectivity index is 1.88. The Morgan fingerprint density at radius 3 is 2.54 bits per heavy atom. The van der Waals surface area contributed by atoms with Crippen molar-refractivity contribution in [3.63, 3.8) is 0 Å². The molecule has 1 aliphatic heterocycles. The van der Waals surface area contributed by atoms with Gasteiger partial charge in [-0.25, -0.2) is 4.99 Å². The number of hydrogen-bond acceptors (Lipinski definition) is 3. The average molecular weight is 311 g/mol. The molecule has 1 aliphatic rings. The molecule has 114 valence electrons. The Morgan fingerprint density at radius 2 is 1.62 bits per heavy atom. The molecule has 3 nitrogen and oxygen atoms in total. The number of hydrogen-bond donors (Lipinski definition) is 0. The van der Waals surface area contributed by atoms with Crippen molar-refractivity contribution in [3.8, 4) is 16.9 Å². The van der Waals surface area contributed by atoms with Crippen LogP contribution in [0.2, 0.25) is 0 Å². The molecule has 2 heterocycles. The van der Waals surface area contributed by atoms with Crippen molar-refractivity contribution in [3.05, 3.63) is 84.8 Å². The zero-order valence-corrected chi connectivity index (χ0v) is 12.8. The van der Waals surface area contributed by atoms with Crippen LogP contribution in [0.4, 0.5) is 5.69 Å². The largest absolute Gasteiger partial charge is 0.459 e. The van der Waals surface area contributed by atoms with Gasteiger partial charge in [-0.3, -0.25) is 0 Å². The van der Waals surface area contributed by atoms with E-state index in [4.69, 9.17) is 14.1 Å². The van der Waals surface area contributed by atoms with E-state index in [2.05, 4.69) is 24.3 Å². The topological polar surface area (TPSA) is 34.7 Å². The van der Waals surface area contributed by atoms with Crippen LogP contribution in [0.1, 0.15) is 5.76 Å². The van der Waals surface area contributed by atoms with E-state index in [1.807, 2.05) is 48.5 Å². The Labute approximate surface area is 138 Å². The molecular formula is C21H13NO2. The van der Waals surface area contributed by atoms with Gasteiger partial charge < -0.3 is 9.15 Å². The molecular weight excluding hydrogens is 298 g/mol. The molecule has 3 heteroatoms. The molecule has 0 atom stereocenters.